The van der Waals surface area contributed by atoms with Gasteiger partial charge >= 0.3 is 6.18 Å². The number of aryl methyl sites for hydroxylation is 1. The number of hydrogen-bond donors (Lipinski definition) is 1. The molecule has 22 heavy (non-hydrogen) atoms. The number of pyridine rings is 1. The van der Waals surface area contributed by atoms with Crippen LogP contribution in [0.4, 0.5) is 24.5 Å². The highest BCUT2D eigenvalue weighted by Gasteiger charge is 2.35. The summed E-state index contributed by atoms with van der Waals surface area (Å²) in [4.78, 5) is 13.8. The molecular weight excluding hydrogens is 299 g/mol. The highest BCUT2D eigenvalue weighted by molar-refractivity contribution is 5.57. The van der Waals surface area contributed by atoms with Crippen LogP contribution in [0.3, 0.4) is 0 Å². The van der Waals surface area contributed by atoms with E-state index in [9.17, 15) is 23.3 Å². The molecule has 0 amide bonds. The maximum absolute atomic E-state index is 13.0. The van der Waals surface area contributed by atoms with Crippen LogP contribution in [0.15, 0.2) is 36.5 Å². The number of nitro groups is 1. The van der Waals surface area contributed by atoms with Gasteiger partial charge < -0.3 is 5.32 Å². The molecule has 8 heteroatoms. The van der Waals surface area contributed by atoms with E-state index in [0.717, 1.165) is 17.7 Å². The second-order valence-electron chi connectivity index (χ2n) is 4.61. The molecule has 0 atom stereocenters. The topological polar surface area (TPSA) is 68.1 Å². The summed E-state index contributed by atoms with van der Waals surface area (Å²) in [5.74, 6) is 0. The van der Waals surface area contributed by atoms with E-state index in [0.29, 0.717) is 11.8 Å². The number of non-ortho nitro benzene ring substituents is 1. The molecule has 1 N–H and O–H groups in total. The smallest absolute Gasteiger partial charge is 0.379 e. The highest BCUT2D eigenvalue weighted by atomic mass is 19.4. The number of rotatable bonds is 4. The number of halogens is 3. The van der Waals surface area contributed by atoms with Gasteiger partial charge in [0.05, 0.1) is 22.7 Å². The molecule has 1 aromatic carbocycles. The van der Waals surface area contributed by atoms with E-state index in [4.69, 9.17) is 0 Å². The summed E-state index contributed by atoms with van der Waals surface area (Å²) in [5, 5.41) is 13.3. The number of nitrogens with one attached hydrogen (secondary N) is 1. The van der Waals surface area contributed by atoms with Gasteiger partial charge in [-0.1, -0.05) is 6.07 Å². The zero-order valence-corrected chi connectivity index (χ0v) is 11.5. The van der Waals surface area contributed by atoms with Gasteiger partial charge in [-0.2, -0.15) is 13.2 Å². The van der Waals surface area contributed by atoms with E-state index < -0.39 is 22.4 Å². The maximum atomic E-state index is 13.0. The summed E-state index contributed by atoms with van der Waals surface area (Å²) in [5.41, 5.74) is -0.454. The normalized spacial score (nSPS) is 11.3. The van der Waals surface area contributed by atoms with Crippen molar-refractivity contribution in [2.75, 3.05) is 5.32 Å². The Balaban J connectivity index is 2.31. The first-order chi connectivity index (χ1) is 10.3. The first-order valence-corrected chi connectivity index (χ1v) is 6.29. The van der Waals surface area contributed by atoms with Gasteiger partial charge in [0.2, 0.25) is 0 Å². The van der Waals surface area contributed by atoms with Crippen molar-refractivity contribution in [1.82, 2.24) is 4.98 Å². The van der Waals surface area contributed by atoms with E-state index >= 15 is 0 Å². The van der Waals surface area contributed by atoms with Gasteiger partial charge in [-0.3, -0.25) is 15.1 Å². The molecule has 0 saturated heterocycles. The van der Waals surface area contributed by atoms with Gasteiger partial charge in [0, 0.05) is 24.0 Å². The Kier molecular flexibility index (Phi) is 4.30. The van der Waals surface area contributed by atoms with Gasteiger partial charge in [0.15, 0.2) is 0 Å². The Morgan fingerprint density at radius 3 is 2.64 bits per heavy atom. The SMILES string of the molecule is Cc1cccnc1CNc1ccc([N+](=O)[O-])cc1C(F)(F)F. The number of alkyl halides is 3. The van der Waals surface area contributed by atoms with Crippen LogP contribution < -0.4 is 5.32 Å². The molecule has 0 aliphatic carbocycles. The Morgan fingerprint density at radius 2 is 2.05 bits per heavy atom. The average molecular weight is 311 g/mol. The van der Waals surface area contributed by atoms with Gasteiger partial charge in [0.1, 0.15) is 0 Å². The van der Waals surface area contributed by atoms with Crippen LogP contribution in [-0.4, -0.2) is 9.91 Å². The summed E-state index contributed by atoms with van der Waals surface area (Å²) >= 11 is 0. The van der Waals surface area contributed by atoms with Gasteiger partial charge in [-0.15, -0.1) is 0 Å². The third kappa shape index (κ3) is 3.51. The molecule has 1 aromatic heterocycles. The number of hydrogen-bond acceptors (Lipinski definition) is 4. The fraction of sp³-hybridized carbons (Fsp3) is 0.214. The van der Waals surface area contributed by atoms with Crippen molar-refractivity contribution < 1.29 is 18.1 Å². The molecule has 0 fully saturated rings. The zero-order valence-electron chi connectivity index (χ0n) is 11.5. The standard InChI is InChI=1S/C14H12F3N3O2/c1-9-3-2-6-18-13(9)8-19-12-5-4-10(20(21)22)7-11(12)14(15,16)17/h2-7,19H,8H2,1H3. The summed E-state index contributed by atoms with van der Waals surface area (Å²) in [7, 11) is 0. The minimum absolute atomic E-state index is 0.0908. The van der Waals surface area contributed by atoms with Crippen molar-refractivity contribution in [3.63, 3.8) is 0 Å². The third-order valence-corrected chi connectivity index (χ3v) is 3.08. The second-order valence-corrected chi connectivity index (χ2v) is 4.61. The average Bonchev–Trinajstić information content (AvgIpc) is 2.45. The lowest BCUT2D eigenvalue weighted by atomic mass is 10.1. The molecule has 0 saturated carbocycles. The van der Waals surface area contributed by atoms with Gasteiger partial charge in [-0.05, 0) is 24.6 Å². The van der Waals surface area contributed by atoms with E-state index in [1.807, 2.05) is 0 Å². The van der Waals surface area contributed by atoms with Gasteiger partial charge in [0.25, 0.3) is 5.69 Å². The zero-order chi connectivity index (χ0) is 16.3. The number of nitrogens with zero attached hydrogens (tertiary/aromatic N) is 2. The lowest BCUT2D eigenvalue weighted by Crippen LogP contribution is -2.12. The van der Waals surface area contributed by atoms with E-state index in [2.05, 4.69) is 10.3 Å². The Hall–Kier alpha value is -2.64. The fourth-order valence-electron chi connectivity index (χ4n) is 1.92. The van der Waals surface area contributed by atoms with Crippen molar-refractivity contribution in [2.24, 2.45) is 0 Å². The molecule has 116 valence electrons. The van der Waals surface area contributed by atoms with Crippen LogP contribution in [0.2, 0.25) is 0 Å². The lowest BCUT2D eigenvalue weighted by molar-refractivity contribution is -0.385. The minimum atomic E-state index is -4.69. The number of aromatic nitrogens is 1. The molecule has 0 aliphatic rings. The first-order valence-electron chi connectivity index (χ1n) is 6.29. The lowest BCUT2D eigenvalue weighted by Gasteiger charge is -2.14. The molecule has 0 radical (unpaired) electrons. The van der Waals surface area contributed by atoms with E-state index in [1.54, 1.807) is 25.3 Å². The predicted molar refractivity (Wildman–Crippen MR) is 74.4 cm³/mol. The van der Waals surface area contributed by atoms with Crippen LogP contribution in [-0.2, 0) is 12.7 Å². The molecule has 5 nitrogen and oxygen atoms in total. The van der Waals surface area contributed by atoms with Crippen molar-refractivity contribution in [1.29, 1.82) is 0 Å². The summed E-state index contributed by atoms with van der Waals surface area (Å²) in [6.07, 6.45) is -3.14. The van der Waals surface area contributed by atoms with E-state index in [-0.39, 0.29) is 12.2 Å². The first kappa shape index (κ1) is 15.7. The molecule has 2 aromatic rings. The number of nitro benzene ring substituents is 1. The largest absolute Gasteiger partial charge is 0.418 e. The molecular formula is C14H12F3N3O2. The maximum Gasteiger partial charge on any atom is 0.418 e. The minimum Gasteiger partial charge on any atom is -0.379 e. The molecule has 0 aliphatic heterocycles. The van der Waals surface area contributed by atoms with Crippen LogP contribution in [0.5, 0.6) is 0 Å². The fourth-order valence-corrected chi connectivity index (χ4v) is 1.92. The Morgan fingerprint density at radius 1 is 1.32 bits per heavy atom. The second kappa shape index (κ2) is 6.00. The van der Waals surface area contributed by atoms with Crippen LogP contribution >= 0.6 is 0 Å². The molecule has 0 spiro atoms. The highest BCUT2D eigenvalue weighted by Crippen LogP contribution is 2.37. The molecule has 0 bridgehead atoms. The molecule has 1 heterocycles. The quantitative estimate of drug-likeness (QED) is 0.686. The Bertz CT molecular complexity index is 702. The molecule has 2 rings (SSSR count). The van der Waals surface area contributed by atoms with Gasteiger partial charge in [-0.25, -0.2) is 0 Å². The summed E-state index contributed by atoms with van der Waals surface area (Å²) in [6, 6.07) is 6.13. The summed E-state index contributed by atoms with van der Waals surface area (Å²) < 4.78 is 39.1. The van der Waals surface area contributed by atoms with Crippen molar-refractivity contribution >= 4 is 11.4 Å². The monoisotopic (exact) mass is 311 g/mol. The number of benzene rings is 1. The third-order valence-electron chi connectivity index (χ3n) is 3.08. The van der Waals surface area contributed by atoms with Crippen LogP contribution in [0.1, 0.15) is 16.8 Å². The van der Waals surface area contributed by atoms with Crippen molar-refractivity contribution in [2.45, 2.75) is 19.6 Å². The Labute approximate surface area is 124 Å². The summed E-state index contributed by atoms with van der Waals surface area (Å²) in [6.45, 7) is 1.89. The van der Waals surface area contributed by atoms with Crippen LogP contribution in [0.25, 0.3) is 0 Å². The molecule has 0 unspecified atom stereocenters. The predicted octanol–water partition coefficient (Wildman–Crippen LogP) is 3.93. The number of anilines is 1. The van der Waals surface area contributed by atoms with E-state index in [1.165, 1.54) is 0 Å². The van der Waals surface area contributed by atoms with Crippen molar-refractivity contribution in [3.05, 3.63) is 63.5 Å². The van der Waals surface area contributed by atoms with Crippen molar-refractivity contribution in [3.8, 4) is 0 Å². The van der Waals surface area contributed by atoms with Crippen LogP contribution in [0, 0.1) is 17.0 Å².